The average Bonchev–Trinajstić information content (AvgIpc) is 3.40. The van der Waals surface area contributed by atoms with E-state index in [0.29, 0.717) is 0 Å². The molecule has 0 spiro atoms. The number of H-pyrrole nitrogens is 2. The van der Waals surface area contributed by atoms with Gasteiger partial charge in [-0.25, -0.2) is 4.79 Å². The molecule has 0 fully saturated rings. The number of carbonyl (C=O) groups excluding carboxylic acids is 2. The smallest absolute Gasteiger partial charge is 0.326 e. The molecule has 8 heteroatoms. The molecule has 2 aromatic carbocycles. The second kappa shape index (κ2) is 9.20. The van der Waals surface area contributed by atoms with Gasteiger partial charge in [0.15, 0.2) is 0 Å². The van der Waals surface area contributed by atoms with Crippen molar-refractivity contribution >= 4 is 39.6 Å². The molecule has 4 rings (SSSR count). The summed E-state index contributed by atoms with van der Waals surface area (Å²) in [5.41, 5.74) is 3.50. The zero-order valence-corrected chi connectivity index (χ0v) is 18.5. The number of amides is 2. The van der Waals surface area contributed by atoms with Gasteiger partial charge in [-0.15, -0.1) is 0 Å². The lowest BCUT2D eigenvalue weighted by Crippen LogP contribution is -2.53. The maximum atomic E-state index is 13.3. The summed E-state index contributed by atoms with van der Waals surface area (Å²) in [7, 11) is 1.55. The first kappa shape index (κ1) is 22.1. The van der Waals surface area contributed by atoms with E-state index in [0.717, 1.165) is 32.9 Å². The third kappa shape index (κ3) is 4.59. The summed E-state index contributed by atoms with van der Waals surface area (Å²) in [6.45, 7) is 1.39. The lowest BCUT2D eigenvalue weighted by Gasteiger charge is -2.27. The Morgan fingerprint density at radius 3 is 1.94 bits per heavy atom. The molecule has 0 aliphatic carbocycles. The van der Waals surface area contributed by atoms with Gasteiger partial charge in [0.05, 0.1) is 0 Å². The normalized spacial score (nSPS) is 13.0. The number of hydrogen-bond donors (Lipinski definition) is 4. The second-order valence-corrected chi connectivity index (χ2v) is 8.17. The minimum absolute atomic E-state index is 0.120. The molecule has 0 aliphatic heterocycles. The number of nitrogens with one attached hydrogen (secondary N) is 3. The molecule has 2 aromatic heterocycles. The predicted octanol–water partition coefficient (Wildman–Crippen LogP) is 2.85. The van der Waals surface area contributed by atoms with Crippen molar-refractivity contribution in [2.45, 2.75) is 31.8 Å². The van der Waals surface area contributed by atoms with Crippen molar-refractivity contribution in [2.24, 2.45) is 0 Å². The van der Waals surface area contributed by atoms with E-state index < -0.39 is 24.0 Å². The molecule has 8 nitrogen and oxygen atoms in total. The molecule has 170 valence electrons. The zero-order chi connectivity index (χ0) is 23.5. The quantitative estimate of drug-likeness (QED) is 0.333. The molecule has 2 amide bonds. The lowest BCUT2D eigenvalue weighted by atomic mass is 10.0. The van der Waals surface area contributed by atoms with Crippen LogP contribution >= 0.6 is 0 Å². The lowest BCUT2D eigenvalue weighted by molar-refractivity contribution is -0.143. The number of aromatic amines is 2. The van der Waals surface area contributed by atoms with E-state index in [1.165, 1.54) is 11.8 Å². The van der Waals surface area contributed by atoms with Crippen LogP contribution in [0.3, 0.4) is 0 Å². The fourth-order valence-corrected chi connectivity index (χ4v) is 4.12. The molecule has 2 atom stereocenters. The van der Waals surface area contributed by atoms with Crippen molar-refractivity contribution in [3.8, 4) is 0 Å². The number of carboxylic acid groups (broad SMARTS) is 1. The molecular weight excluding hydrogens is 420 g/mol. The minimum Gasteiger partial charge on any atom is -0.480 e. The van der Waals surface area contributed by atoms with Crippen molar-refractivity contribution in [3.63, 3.8) is 0 Å². The number of benzene rings is 2. The largest absolute Gasteiger partial charge is 0.480 e. The van der Waals surface area contributed by atoms with Crippen LogP contribution in [0.1, 0.15) is 18.1 Å². The highest BCUT2D eigenvalue weighted by Gasteiger charge is 2.30. The van der Waals surface area contributed by atoms with E-state index in [9.17, 15) is 19.5 Å². The number of carboxylic acids is 1. The van der Waals surface area contributed by atoms with Gasteiger partial charge in [-0.2, -0.15) is 0 Å². The number of aliphatic carboxylic acids is 1. The SMILES string of the molecule is CC(=O)N(C)[C@@H](Cc1c[nH]c2ccccc12)C(=O)N[C@@H](Cc1c[nH]c2ccccc12)C(=O)O. The average molecular weight is 447 g/mol. The van der Waals surface area contributed by atoms with Crippen LogP contribution < -0.4 is 5.32 Å². The highest BCUT2D eigenvalue weighted by molar-refractivity contribution is 5.92. The van der Waals surface area contributed by atoms with Gasteiger partial charge in [0.1, 0.15) is 12.1 Å². The number of fused-ring (bicyclic) bond motifs is 2. The Balaban J connectivity index is 1.57. The van der Waals surface area contributed by atoms with Crippen LogP contribution in [0.25, 0.3) is 21.8 Å². The molecule has 0 saturated carbocycles. The summed E-state index contributed by atoms with van der Waals surface area (Å²) < 4.78 is 0. The number of carbonyl (C=O) groups is 3. The van der Waals surface area contributed by atoms with E-state index >= 15 is 0 Å². The molecule has 0 saturated heterocycles. The van der Waals surface area contributed by atoms with Crippen molar-refractivity contribution in [1.29, 1.82) is 0 Å². The van der Waals surface area contributed by atoms with Gasteiger partial charge in [-0.05, 0) is 23.3 Å². The maximum absolute atomic E-state index is 13.3. The Bertz CT molecular complexity index is 1320. The Kier molecular flexibility index (Phi) is 6.17. The molecule has 4 N–H and O–H groups in total. The Labute approximate surface area is 190 Å². The summed E-state index contributed by atoms with van der Waals surface area (Å²) in [5.74, 6) is -1.92. The highest BCUT2D eigenvalue weighted by atomic mass is 16.4. The zero-order valence-electron chi connectivity index (χ0n) is 18.5. The van der Waals surface area contributed by atoms with Crippen molar-refractivity contribution < 1.29 is 19.5 Å². The van der Waals surface area contributed by atoms with Crippen LogP contribution in [0.2, 0.25) is 0 Å². The molecular formula is C25H26N4O4. The number of likely N-dealkylation sites (N-methyl/N-ethyl adjacent to an activating group) is 1. The fourth-order valence-electron chi connectivity index (χ4n) is 4.12. The summed E-state index contributed by atoms with van der Waals surface area (Å²) >= 11 is 0. The van der Waals surface area contributed by atoms with E-state index in [1.807, 2.05) is 54.7 Å². The second-order valence-electron chi connectivity index (χ2n) is 8.17. The van der Waals surface area contributed by atoms with Crippen molar-refractivity contribution in [1.82, 2.24) is 20.2 Å². The summed E-state index contributed by atoms with van der Waals surface area (Å²) in [6, 6.07) is 13.3. The number of nitrogens with zero attached hydrogens (tertiary/aromatic N) is 1. The van der Waals surface area contributed by atoms with Gasteiger partial charge < -0.3 is 25.3 Å². The van der Waals surface area contributed by atoms with Crippen molar-refractivity contribution in [2.75, 3.05) is 7.05 Å². The van der Waals surface area contributed by atoms with Gasteiger partial charge >= 0.3 is 5.97 Å². The van der Waals surface area contributed by atoms with Gasteiger partial charge in [-0.1, -0.05) is 36.4 Å². The third-order valence-electron chi connectivity index (χ3n) is 6.07. The molecule has 4 aromatic rings. The first-order chi connectivity index (χ1) is 15.8. The Morgan fingerprint density at radius 1 is 0.909 bits per heavy atom. The number of hydrogen-bond acceptors (Lipinski definition) is 3. The summed E-state index contributed by atoms with van der Waals surface area (Å²) in [5, 5.41) is 14.3. The first-order valence-electron chi connectivity index (χ1n) is 10.7. The van der Waals surface area contributed by atoms with Crippen molar-refractivity contribution in [3.05, 3.63) is 72.1 Å². The van der Waals surface area contributed by atoms with Crippen LogP contribution in [0, 0.1) is 0 Å². The monoisotopic (exact) mass is 446 g/mol. The van der Waals surface area contributed by atoms with E-state index in [-0.39, 0.29) is 18.7 Å². The molecule has 0 unspecified atom stereocenters. The Morgan fingerprint density at radius 2 is 1.42 bits per heavy atom. The fraction of sp³-hybridized carbons (Fsp3) is 0.240. The number of para-hydroxylation sites is 2. The molecule has 2 heterocycles. The van der Waals surface area contributed by atoms with E-state index in [2.05, 4.69) is 15.3 Å². The van der Waals surface area contributed by atoms with Crippen LogP contribution in [0.15, 0.2) is 60.9 Å². The molecule has 0 radical (unpaired) electrons. The van der Waals surface area contributed by atoms with Crippen LogP contribution in [0.5, 0.6) is 0 Å². The summed E-state index contributed by atoms with van der Waals surface area (Å²) in [4.78, 5) is 45.0. The minimum atomic E-state index is -1.14. The first-order valence-corrected chi connectivity index (χ1v) is 10.7. The van der Waals surface area contributed by atoms with Gasteiger partial charge in [0.2, 0.25) is 11.8 Å². The maximum Gasteiger partial charge on any atom is 0.326 e. The molecule has 33 heavy (non-hydrogen) atoms. The topological polar surface area (TPSA) is 118 Å². The third-order valence-corrected chi connectivity index (χ3v) is 6.07. The van der Waals surface area contributed by atoms with Gasteiger partial charge in [0.25, 0.3) is 0 Å². The number of aromatic nitrogens is 2. The van der Waals surface area contributed by atoms with Crippen LogP contribution in [-0.4, -0.2) is 56.9 Å². The van der Waals surface area contributed by atoms with Gasteiger partial charge in [-0.3, -0.25) is 9.59 Å². The predicted molar refractivity (Wildman–Crippen MR) is 126 cm³/mol. The van der Waals surface area contributed by atoms with Crippen LogP contribution in [0.4, 0.5) is 0 Å². The van der Waals surface area contributed by atoms with E-state index in [4.69, 9.17) is 0 Å². The molecule has 0 bridgehead atoms. The summed E-state index contributed by atoms with van der Waals surface area (Å²) in [6.07, 6.45) is 3.96. The standard InChI is InChI=1S/C25H26N4O4/c1-15(30)29(2)23(12-17-14-27-21-10-6-4-8-19(17)21)24(31)28-22(25(32)33)11-16-13-26-20-9-5-3-7-18(16)20/h3-10,13-14,22-23,26-27H,11-12H2,1-2H3,(H,28,31)(H,32,33)/t22-,23-/m0/s1. The van der Waals surface area contributed by atoms with Crippen LogP contribution in [-0.2, 0) is 27.2 Å². The van der Waals surface area contributed by atoms with Gasteiger partial charge in [0, 0.05) is 61.0 Å². The van der Waals surface area contributed by atoms with E-state index in [1.54, 1.807) is 13.2 Å². The highest BCUT2D eigenvalue weighted by Crippen LogP contribution is 2.22. The Hall–Kier alpha value is -4.07. The number of rotatable bonds is 8. The molecule has 0 aliphatic rings.